The molecular formula is C15H13N3O2. The molecule has 1 heterocycles. The molecule has 0 amide bonds. The van der Waals surface area contributed by atoms with E-state index >= 15 is 0 Å². The van der Waals surface area contributed by atoms with Gasteiger partial charge in [-0.05, 0) is 11.6 Å². The third kappa shape index (κ3) is 2.51. The average Bonchev–Trinajstić information content (AvgIpc) is 2.48. The van der Waals surface area contributed by atoms with E-state index in [2.05, 4.69) is 17.6 Å². The van der Waals surface area contributed by atoms with Crippen LogP contribution in [0.4, 0.5) is 11.4 Å². The Labute approximate surface area is 116 Å². The summed E-state index contributed by atoms with van der Waals surface area (Å²) >= 11 is 0. The molecule has 5 nitrogen and oxygen atoms in total. The van der Waals surface area contributed by atoms with E-state index in [9.17, 15) is 10.1 Å². The molecule has 0 N–H and O–H groups in total. The van der Waals surface area contributed by atoms with Crippen LogP contribution in [0.15, 0.2) is 48.5 Å². The number of hydrogen-bond acceptors (Lipinski definition) is 2. The molecule has 0 spiro atoms. The second kappa shape index (κ2) is 5.13. The number of nitro groups is 1. The molecule has 0 saturated carbocycles. The Kier molecular flexibility index (Phi) is 3.16. The van der Waals surface area contributed by atoms with E-state index in [4.69, 9.17) is 0 Å². The van der Waals surface area contributed by atoms with E-state index in [1.807, 2.05) is 23.0 Å². The van der Waals surface area contributed by atoms with Crippen molar-refractivity contribution in [2.75, 3.05) is 6.54 Å². The fraction of sp³-hybridized carbons (Fsp3) is 0.133. The van der Waals surface area contributed by atoms with Crippen molar-refractivity contribution in [1.82, 2.24) is 0 Å². The maximum absolute atomic E-state index is 10.6. The molecule has 0 radical (unpaired) electrons. The van der Waals surface area contributed by atoms with Crippen molar-refractivity contribution in [3.05, 3.63) is 75.2 Å². The molecule has 0 bridgehead atoms. The summed E-state index contributed by atoms with van der Waals surface area (Å²) in [7, 11) is 0. The second-order valence-electron chi connectivity index (χ2n) is 4.61. The monoisotopic (exact) mass is 267 g/mol. The van der Waals surface area contributed by atoms with Crippen molar-refractivity contribution in [3.63, 3.8) is 0 Å². The first-order chi connectivity index (χ1) is 9.72. The molecule has 1 aliphatic heterocycles. The van der Waals surface area contributed by atoms with Gasteiger partial charge < -0.3 is 5.43 Å². The third-order valence-corrected chi connectivity index (χ3v) is 3.26. The van der Waals surface area contributed by atoms with Gasteiger partial charge in [-0.1, -0.05) is 36.0 Å². The number of fused-ring (bicyclic) bond motifs is 1. The molecule has 0 atom stereocenters. The van der Waals surface area contributed by atoms with Gasteiger partial charge in [-0.2, -0.15) is 0 Å². The Morgan fingerprint density at radius 1 is 1.10 bits per heavy atom. The second-order valence-corrected chi connectivity index (χ2v) is 4.61. The van der Waals surface area contributed by atoms with Gasteiger partial charge in [0.05, 0.1) is 4.92 Å². The molecule has 3 rings (SSSR count). The third-order valence-electron chi connectivity index (χ3n) is 3.26. The quantitative estimate of drug-likeness (QED) is 0.487. The minimum atomic E-state index is -0.410. The first kappa shape index (κ1) is 12.3. The number of non-ortho nitro benzene ring substituents is 1. The van der Waals surface area contributed by atoms with Crippen LogP contribution in [-0.4, -0.2) is 22.4 Å². The molecule has 2 aromatic carbocycles. The first-order valence-corrected chi connectivity index (χ1v) is 6.38. The van der Waals surface area contributed by atoms with E-state index in [1.165, 1.54) is 23.3 Å². The van der Waals surface area contributed by atoms with E-state index in [1.54, 1.807) is 12.1 Å². The van der Waals surface area contributed by atoms with E-state index < -0.39 is 4.92 Å². The van der Waals surface area contributed by atoms with Crippen molar-refractivity contribution in [2.45, 2.75) is 6.42 Å². The topological polar surface area (TPSA) is 60.2 Å². The van der Waals surface area contributed by atoms with Gasteiger partial charge in [0.2, 0.25) is 0 Å². The highest BCUT2D eigenvalue weighted by atomic mass is 16.6. The van der Waals surface area contributed by atoms with Crippen molar-refractivity contribution in [3.8, 4) is 0 Å². The minimum Gasteiger partial charge on any atom is -0.411 e. The smallest absolute Gasteiger partial charge is 0.269 e. The van der Waals surface area contributed by atoms with Crippen molar-refractivity contribution < 1.29 is 9.61 Å². The van der Waals surface area contributed by atoms with Crippen LogP contribution in [-0.2, 0) is 6.42 Å². The lowest BCUT2D eigenvalue weighted by atomic mass is 10.0. The summed E-state index contributed by atoms with van der Waals surface area (Å²) in [5.41, 5.74) is 7.76. The van der Waals surface area contributed by atoms with E-state index in [0.717, 1.165) is 13.0 Å². The molecule has 0 unspecified atom stereocenters. The maximum atomic E-state index is 10.6. The molecule has 0 aromatic heterocycles. The van der Waals surface area contributed by atoms with Gasteiger partial charge in [-0.3, -0.25) is 14.8 Å². The first-order valence-electron chi connectivity index (χ1n) is 6.38. The van der Waals surface area contributed by atoms with Crippen molar-refractivity contribution >= 4 is 17.6 Å². The zero-order valence-corrected chi connectivity index (χ0v) is 10.8. The van der Waals surface area contributed by atoms with Gasteiger partial charge in [0, 0.05) is 24.1 Å². The molecule has 2 aromatic rings. The fourth-order valence-corrected chi connectivity index (χ4v) is 2.22. The Balaban J connectivity index is 1.79. The molecule has 0 fully saturated rings. The van der Waals surface area contributed by atoms with Gasteiger partial charge in [-0.15, -0.1) is 0 Å². The Hall–Kier alpha value is -2.69. The highest BCUT2D eigenvalue weighted by molar-refractivity contribution is 5.79. The Bertz CT molecular complexity index is 678. The number of nitro benzene ring substituents is 1. The molecule has 1 aliphatic rings. The summed E-state index contributed by atoms with van der Waals surface area (Å²) in [5.74, 6) is 0. The van der Waals surface area contributed by atoms with Crippen LogP contribution in [0.2, 0.25) is 0 Å². The lowest BCUT2D eigenvalue weighted by molar-refractivity contribution is -0.467. The van der Waals surface area contributed by atoms with Crippen molar-refractivity contribution in [2.24, 2.45) is 0 Å². The van der Waals surface area contributed by atoms with Crippen LogP contribution in [0.25, 0.3) is 5.43 Å². The Morgan fingerprint density at radius 2 is 1.85 bits per heavy atom. The summed E-state index contributed by atoms with van der Waals surface area (Å²) in [4.78, 5) is 10.2. The standard InChI is InChI=1S/C15H13N3O2/c19-18(20)15-7-5-14(6-8-15)16-17-10-9-12-3-1-2-4-13(12)11-17/h1-8,11H,9-10H2. The molecule has 0 aliphatic carbocycles. The summed E-state index contributed by atoms with van der Waals surface area (Å²) in [6.45, 7) is 0.813. The lowest BCUT2D eigenvalue weighted by Gasteiger charge is -2.21. The molecular weight excluding hydrogens is 254 g/mol. The van der Waals surface area contributed by atoms with Crippen LogP contribution in [0, 0.1) is 10.1 Å². The van der Waals surface area contributed by atoms with Gasteiger partial charge in [0.1, 0.15) is 6.54 Å². The largest absolute Gasteiger partial charge is 0.411 e. The predicted octanol–water partition coefficient (Wildman–Crippen LogP) is 3.20. The highest BCUT2D eigenvalue weighted by Gasteiger charge is 2.11. The average molecular weight is 267 g/mol. The zero-order chi connectivity index (χ0) is 13.9. The van der Waals surface area contributed by atoms with E-state index in [-0.39, 0.29) is 5.69 Å². The lowest BCUT2D eigenvalue weighted by Crippen LogP contribution is -2.18. The number of rotatable bonds is 3. The minimum absolute atomic E-state index is 0.0805. The molecule has 20 heavy (non-hydrogen) atoms. The number of nitrogens with zero attached hydrogens (tertiary/aromatic N) is 3. The maximum Gasteiger partial charge on any atom is 0.269 e. The van der Waals surface area contributed by atoms with Crippen LogP contribution in [0.3, 0.4) is 0 Å². The summed E-state index contributed by atoms with van der Waals surface area (Å²) in [6, 6.07) is 14.5. The number of hydrogen-bond donors (Lipinski definition) is 0. The van der Waals surface area contributed by atoms with Gasteiger partial charge in [-0.25, -0.2) is 0 Å². The van der Waals surface area contributed by atoms with Gasteiger partial charge in [0.25, 0.3) is 5.69 Å². The number of benzene rings is 2. The molecule has 100 valence electrons. The van der Waals surface area contributed by atoms with Crippen molar-refractivity contribution in [1.29, 1.82) is 0 Å². The SMILES string of the molecule is O=[N+]([O-])c1ccc([N-][N+]2=Cc3ccccc3CC2)cc1. The predicted molar refractivity (Wildman–Crippen MR) is 76.6 cm³/mol. The van der Waals surface area contributed by atoms with Crippen LogP contribution >= 0.6 is 0 Å². The summed E-state index contributed by atoms with van der Waals surface area (Å²) in [5, 5.41) is 10.6. The fourth-order valence-electron chi connectivity index (χ4n) is 2.22. The van der Waals surface area contributed by atoms with E-state index in [0.29, 0.717) is 5.69 Å². The normalized spacial score (nSPS) is 13.3. The zero-order valence-electron chi connectivity index (χ0n) is 10.8. The van der Waals surface area contributed by atoms with Gasteiger partial charge >= 0.3 is 0 Å². The summed E-state index contributed by atoms with van der Waals surface area (Å²) in [6.07, 6.45) is 2.95. The van der Waals surface area contributed by atoms with Crippen LogP contribution in [0.5, 0.6) is 0 Å². The molecule has 5 heteroatoms. The van der Waals surface area contributed by atoms with Gasteiger partial charge in [0.15, 0.2) is 6.21 Å². The molecule has 0 saturated heterocycles. The van der Waals surface area contributed by atoms with Crippen LogP contribution < -0.4 is 0 Å². The summed E-state index contributed by atoms with van der Waals surface area (Å²) < 4.78 is 1.88. The Morgan fingerprint density at radius 3 is 2.60 bits per heavy atom. The highest BCUT2D eigenvalue weighted by Crippen LogP contribution is 2.23. The van der Waals surface area contributed by atoms with Crippen LogP contribution in [0.1, 0.15) is 11.1 Å².